The van der Waals surface area contributed by atoms with Crippen molar-refractivity contribution in [2.75, 3.05) is 11.9 Å². The Morgan fingerprint density at radius 2 is 1.96 bits per heavy atom. The second-order valence-electron chi connectivity index (χ2n) is 6.57. The minimum atomic E-state index is -0.171. The number of benzene rings is 1. The number of aromatic amines is 1. The maximum atomic E-state index is 11.6. The van der Waals surface area contributed by atoms with Crippen molar-refractivity contribution in [3.8, 4) is 22.7 Å². The topological polar surface area (TPSA) is 88.7 Å². The summed E-state index contributed by atoms with van der Waals surface area (Å²) in [5.74, 6) is 2.08. The molecule has 2 N–H and O–H groups in total. The summed E-state index contributed by atoms with van der Waals surface area (Å²) in [6.07, 6.45) is 1.81. The van der Waals surface area contributed by atoms with Crippen LogP contribution in [0.25, 0.3) is 22.7 Å². The van der Waals surface area contributed by atoms with E-state index in [4.69, 9.17) is 4.42 Å². The Balaban J connectivity index is 1.62. The molecule has 0 aliphatic heterocycles. The SMILES string of the molecule is Cc1cc(=O)[nH]c(NCCn2cnc(-c3ccccc3)c2-c2ccc(C)o2)n1. The van der Waals surface area contributed by atoms with Crippen molar-refractivity contribution in [3.63, 3.8) is 0 Å². The van der Waals surface area contributed by atoms with E-state index < -0.39 is 0 Å². The summed E-state index contributed by atoms with van der Waals surface area (Å²) < 4.78 is 7.93. The molecule has 1 aromatic carbocycles. The largest absolute Gasteiger partial charge is 0.460 e. The number of hydrogen-bond acceptors (Lipinski definition) is 5. The van der Waals surface area contributed by atoms with Crippen LogP contribution in [0, 0.1) is 13.8 Å². The highest BCUT2D eigenvalue weighted by atomic mass is 16.3. The van der Waals surface area contributed by atoms with Crippen molar-refractivity contribution in [1.82, 2.24) is 19.5 Å². The summed E-state index contributed by atoms with van der Waals surface area (Å²) in [6, 6.07) is 15.4. The standard InChI is InChI=1S/C21H21N5O2/c1-14-12-18(27)25-21(24-14)22-10-11-26-13-23-19(16-6-4-3-5-7-16)20(26)17-9-8-15(2)28-17/h3-9,12-13H,10-11H2,1-2H3,(H2,22,24,25,27). The zero-order chi connectivity index (χ0) is 19.5. The zero-order valence-electron chi connectivity index (χ0n) is 15.8. The lowest BCUT2D eigenvalue weighted by atomic mass is 10.1. The molecule has 4 aromatic rings. The van der Waals surface area contributed by atoms with Crippen LogP contribution < -0.4 is 10.9 Å². The van der Waals surface area contributed by atoms with Gasteiger partial charge in [0.25, 0.3) is 5.56 Å². The van der Waals surface area contributed by atoms with Gasteiger partial charge >= 0.3 is 0 Å². The van der Waals surface area contributed by atoms with Crippen LogP contribution in [0.5, 0.6) is 0 Å². The van der Waals surface area contributed by atoms with Gasteiger partial charge in [-0.3, -0.25) is 9.78 Å². The van der Waals surface area contributed by atoms with Gasteiger partial charge in [0.15, 0.2) is 5.76 Å². The Kier molecular flexibility index (Phi) is 4.80. The highest BCUT2D eigenvalue weighted by molar-refractivity contribution is 5.76. The maximum Gasteiger partial charge on any atom is 0.252 e. The fraction of sp³-hybridized carbons (Fsp3) is 0.190. The van der Waals surface area contributed by atoms with Crippen molar-refractivity contribution in [2.45, 2.75) is 20.4 Å². The number of nitrogens with zero attached hydrogens (tertiary/aromatic N) is 3. The number of nitrogens with one attached hydrogen (secondary N) is 2. The predicted octanol–water partition coefficient (Wildman–Crippen LogP) is 3.62. The highest BCUT2D eigenvalue weighted by Gasteiger charge is 2.17. The fourth-order valence-electron chi connectivity index (χ4n) is 3.14. The first-order valence-corrected chi connectivity index (χ1v) is 9.09. The number of H-pyrrole nitrogens is 1. The number of aryl methyl sites for hydroxylation is 2. The average Bonchev–Trinajstić information content (AvgIpc) is 3.28. The summed E-state index contributed by atoms with van der Waals surface area (Å²) in [5, 5.41) is 3.16. The first-order valence-electron chi connectivity index (χ1n) is 9.09. The molecule has 0 saturated heterocycles. The highest BCUT2D eigenvalue weighted by Crippen LogP contribution is 2.32. The van der Waals surface area contributed by atoms with Crippen molar-refractivity contribution < 1.29 is 4.42 Å². The van der Waals surface area contributed by atoms with E-state index in [1.807, 2.05) is 60.3 Å². The van der Waals surface area contributed by atoms with Gasteiger partial charge in [-0.2, -0.15) is 0 Å². The van der Waals surface area contributed by atoms with Crippen molar-refractivity contribution in [2.24, 2.45) is 0 Å². The van der Waals surface area contributed by atoms with Gasteiger partial charge in [0.05, 0.1) is 12.0 Å². The Morgan fingerprint density at radius 1 is 1.14 bits per heavy atom. The third-order valence-electron chi connectivity index (χ3n) is 4.37. The van der Waals surface area contributed by atoms with Crippen LogP contribution in [0.2, 0.25) is 0 Å². The van der Waals surface area contributed by atoms with E-state index in [0.717, 1.165) is 28.5 Å². The van der Waals surface area contributed by atoms with Gasteiger partial charge in [0.2, 0.25) is 5.95 Å². The quantitative estimate of drug-likeness (QED) is 0.537. The van der Waals surface area contributed by atoms with E-state index >= 15 is 0 Å². The van der Waals surface area contributed by atoms with E-state index in [0.29, 0.717) is 24.7 Å². The van der Waals surface area contributed by atoms with Crippen LogP contribution in [0.4, 0.5) is 5.95 Å². The molecule has 0 unspecified atom stereocenters. The molecule has 7 nitrogen and oxygen atoms in total. The van der Waals surface area contributed by atoms with Gasteiger partial charge in [-0.25, -0.2) is 9.97 Å². The molecule has 0 aliphatic carbocycles. The monoisotopic (exact) mass is 375 g/mol. The molecular weight excluding hydrogens is 354 g/mol. The zero-order valence-corrected chi connectivity index (χ0v) is 15.8. The molecule has 0 spiro atoms. The third kappa shape index (κ3) is 3.73. The van der Waals surface area contributed by atoms with Gasteiger partial charge in [-0.1, -0.05) is 30.3 Å². The summed E-state index contributed by atoms with van der Waals surface area (Å²) in [5.41, 5.74) is 3.33. The Morgan fingerprint density at radius 3 is 2.68 bits per heavy atom. The van der Waals surface area contributed by atoms with Crippen molar-refractivity contribution in [3.05, 3.63) is 76.7 Å². The molecule has 3 heterocycles. The smallest absolute Gasteiger partial charge is 0.252 e. The summed E-state index contributed by atoms with van der Waals surface area (Å²) in [6.45, 7) is 4.92. The van der Waals surface area contributed by atoms with Gasteiger partial charge in [-0.15, -0.1) is 0 Å². The molecule has 142 valence electrons. The van der Waals surface area contributed by atoms with Gasteiger partial charge in [0, 0.05) is 30.4 Å². The third-order valence-corrected chi connectivity index (χ3v) is 4.37. The van der Waals surface area contributed by atoms with Crippen LogP contribution in [0.15, 0.2) is 64.1 Å². The van der Waals surface area contributed by atoms with E-state index in [1.54, 1.807) is 6.92 Å². The first-order chi connectivity index (χ1) is 13.6. The van der Waals surface area contributed by atoms with E-state index in [2.05, 4.69) is 20.3 Å². The Bertz CT molecular complexity index is 1140. The summed E-state index contributed by atoms with van der Waals surface area (Å²) in [4.78, 5) is 23.2. The lowest BCUT2D eigenvalue weighted by Crippen LogP contribution is -2.16. The second-order valence-corrected chi connectivity index (χ2v) is 6.57. The number of rotatable bonds is 6. The normalized spacial score (nSPS) is 10.9. The van der Waals surface area contributed by atoms with Crippen molar-refractivity contribution >= 4 is 5.95 Å². The summed E-state index contributed by atoms with van der Waals surface area (Å²) >= 11 is 0. The van der Waals surface area contributed by atoms with Gasteiger partial charge in [0.1, 0.15) is 11.5 Å². The van der Waals surface area contributed by atoms with E-state index in [-0.39, 0.29) is 5.56 Å². The molecule has 28 heavy (non-hydrogen) atoms. The van der Waals surface area contributed by atoms with Crippen LogP contribution in [-0.2, 0) is 6.54 Å². The molecule has 0 atom stereocenters. The van der Waals surface area contributed by atoms with Crippen molar-refractivity contribution in [1.29, 1.82) is 0 Å². The number of imidazole rings is 1. The van der Waals surface area contributed by atoms with E-state index in [1.165, 1.54) is 6.07 Å². The van der Waals surface area contributed by atoms with Gasteiger partial charge in [-0.05, 0) is 26.0 Å². The Labute approximate surface area is 162 Å². The Hall–Kier alpha value is -3.61. The van der Waals surface area contributed by atoms with Crippen LogP contribution >= 0.6 is 0 Å². The molecule has 3 aromatic heterocycles. The summed E-state index contributed by atoms with van der Waals surface area (Å²) in [7, 11) is 0. The molecular formula is C21H21N5O2. The minimum absolute atomic E-state index is 0.171. The molecule has 4 rings (SSSR count). The molecule has 0 bridgehead atoms. The first kappa shape index (κ1) is 17.8. The van der Waals surface area contributed by atoms with Crippen LogP contribution in [0.3, 0.4) is 0 Å². The molecule has 0 saturated carbocycles. The van der Waals surface area contributed by atoms with Crippen LogP contribution in [0.1, 0.15) is 11.5 Å². The van der Waals surface area contributed by atoms with Crippen LogP contribution in [-0.4, -0.2) is 26.1 Å². The lowest BCUT2D eigenvalue weighted by Gasteiger charge is -2.10. The molecule has 0 amide bonds. The minimum Gasteiger partial charge on any atom is -0.460 e. The molecule has 0 aliphatic rings. The predicted molar refractivity (Wildman–Crippen MR) is 108 cm³/mol. The van der Waals surface area contributed by atoms with E-state index in [9.17, 15) is 4.79 Å². The number of furan rings is 1. The fourth-order valence-corrected chi connectivity index (χ4v) is 3.14. The lowest BCUT2D eigenvalue weighted by molar-refractivity contribution is 0.541. The average molecular weight is 375 g/mol. The second kappa shape index (κ2) is 7.56. The van der Waals surface area contributed by atoms with Gasteiger partial charge < -0.3 is 14.3 Å². The maximum absolute atomic E-state index is 11.6. The number of aromatic nitrogens is 4. The molecule has 7 heteroatoms. The molecule has 0 radical (unpaired) electrons. The molecule has 0 fully saturated rings. The number of anilines is 1. The number of hydrogen-bond donors (Lipinski definition) is 2.